The molecule has 28 heavy (non-hydrogen) atoms. The fourth-order valence-electron chi connectivity index (χ4n) is 7.99. The van der Waals surface area contributed by atoms with Gasteiger partial charge in [0.2, 0.25) is 5.91 Å². The van der Waals surface area contributed by atoms with Gasteiger partial charge in [-0.2, -0.15) is 0 Å². The van der Waals surface area contributed by atoms with Crippen molar-refractivity contribution in [2.45, 2.75) is 69.7 Å². The molecule has 1 saturated heterocycles. The van der Waals surface area contributed by atoms with E-state index in [1.165, 1.54) is 57.9 Å². The average molecular weight is 379 g/mol. The van der Waals surface area contributed by atoms with Crippen molar-refractivity contribution in [1.82, 2.24) is 10.2 Å². The van der Waals surface area contributed by atoms with Gasteiger partial charge in [-0.15, -0.1) is 0 Å². The molecule has 1 aromatic rings. The number of amides is 1. The molecule has 1 heterocycles. The van der Waals surface area contributed by atoms with E-state index in [9.17, 15) is 4.79 Å². The molecule has 0 radical (unpaired) electrons. The summed E-state index contributed by atoms with van der Waals surface area (Å²) < 4.78 is 0. The van der Waals surface area contributed by atoms with E-state index in [4.69, 9.17) is 0 Å². The zero-order chi connectivity index (χ0) is 18.7. The van der Waals surface area contributed by atoms with Crippen LogP contribution in [0.3, 0.4) is 0 Å². The Hall–Kier alpha value is -1.35. The number of benzene rings is 1. The minimum atomic E-state index is 0.00651. The van der Waals surface area contributed by atoms with Crippen molar-refractivity contribution >= 4 is 5.91 Å². The molecule has 5 aliphatic carbocycles. The summed E-state index contributed by atoms with van der Waals surface area (Å²) in [4.78, 5) is 15.9. The summed E-state index contributed by atoms with van der Waals surface area (Å²) in [6.07, 6.45) is 11.4. The number of likely N-dealkylation sites (tertiary alicyclic amines) is 1. The van der Waals surface area contributed by atoms with Crippen LogP contribution in [0, 0.1) is 23.2 Å². The number of hydrogen-bond donors (Lipinski definition) is 1. The van der Waals surface area contributed by atoms with E-state index >= 15 is 0 Å². The van der Waals surface area contributed by atoms with Crippen molar-refractivity contribution in [3.8, 4) is 0 Å². The van der Waals surface area contributed by atoms with E-state index in [1.54, 1.807) is 11.1 Å². The molecule has 0 aromatic heterocycles. The van der Waals surface area contributed by atoms with E-state index in [0.29, 0.717) is 17.9 Å². The monoisotopic (exact) mass is 378 g/mol. The molecular formula is C25H34N2O. The molecule has 5 fully saturated rings. The van der Waals surface area contributed by atoms with Crippen LogP contribution in [0.25, 0.3) is 0 Å². The predicted octanol–water partition coefficient (Wildman–Crippen LogP) is 4.12. The van der Waals surface area contributed by atoms with Gasteiger partial charge in [-0.05, 0) is 92.6 Å². The minimum absolute atomic E-state index is 0.00651. The van der Waals surface area contributed by atoms with Crippen molar-refractivity contribution in [3.05, 3.63) is 35.4 Å². The highest BCUT2D eigenvalue weighted by Gasteiger charge is 2.54. The van der Waals surface area contributed by atoms with Crippen molar-refractivity contribution < 1.29 is 4.79 Å². The highest BCUT2D eigenvalue weighted by Crippen LogP contribution is 2.60. The lowest BCUT2D eigenvalue weighted by molar-refractivity contribution is -0.146. The molecule has 2 atom stereocenters. The van der Waals surface area contributed by atoms with Crippen molar-refractivity contribution in [1.29, 1.82) is 0 Å². The predicted molar refractivity (Wildman–Crippen MR) is 111 cm³/mol. The van der Waals surface area contributed by atoms with Gasteiger partial charge in [0.15, 0.2) is 0 Å². The number of carbonyl (C=O) groups excluding carboxylic acids is 1. The Balaban J connectivity index is 1.07. The summed E-state index contributed by atoms with van der Waals surface area (Å²) in [6, 6.07) is 9.36. The van der Waals surface area contributed by atoms with Crippen molar-refractivity contribution in [2.75, 3.05) is 19.6 Å². The second-order valence-electron chi connectivity index (χ2n) is 10.9. The van der Waals surface area contributed by atoms with Crippen LogP contribution in [-0.4, -0.2) is 36.5 Å². The van der Waals surface area contributed by atoms with Gasteiger partial charge in [-0.25, -0.2) is 0 Å². The van der Waals surface area contributed by atoms with Gasteiger partial charge < -0.3 is 10.2 Å². The molecule has 2 unspecified atom stereocenters. The standard InChI is InChI=1S/C25H34N2O/c28-24(25-12-17-9-18(13-25)11-19(10-17)14-25)26-22-7-8-27(16-22)15-21-6-5-20-3-1-2-4-23(20)21/h1-4,17-19,21-22H,5-16H2,(H,26,28). The minimum Gasteiger partial charge on any atom is -0.352 e. The van der Waals surface area contributed by atoms with Gasteiger partial charge in [0.1, 0.15) is 0 Å². The first-order valence-corrected chi connectivity index (χ1v) is 11.8. The van der Waals surface area contributed by atoms with Gasteiger partial charge in [0, 0.05) is 31.1 Å². The van der Waals surface area contributed by atoms with Crippen molar-refractivity contribution in [2.24, 2.45) is 23.2 Å². The number of aryl methyl sites for hydroxylation is 1. The van der Waals surface area contributed by atoms with E-state index in [-0.39, 0.29) is 5.41 Å². The van der Waals surface area contributed by atoms with E-state index in [1.807, 2.05) is 0 Å². The van der Waals surface area contributed by atoms with Crippen LogP contribution in [0.15, 0.2) is 24.3 Å². The summed E-state index contributed by atoms with van der Waals surface area (Å²) in [5, 5.41) is 3.53. The molecule has 0 spiro atoms. The average Bonchev–Trinajstić information content (AvgIpc) is 3.28. The molecule has 1 aromatic carbocycles. The topological polar surface area (TPSA) is 32.3 Å². The Morgan fingerprint density at radius 1 is 1.04 bits per heavy atom. The zero-order valence-electron chi connectivity index (χ0n) is 17.0. The third kappa shape index (κ3) is 2.93. The summed E-state index contributed by atoms with van der Waals surface area (Å²) >= 11 is 0. The van der Waals surface area contributed by atoms with Gasteiger partial charge in [0.25, 0.3) is 0 Å². The van der Waals surface area contributed by atoms with Gasteiger partial charge in [-0.1, -0.05) is 24.3 Å². The highest BCUT2D eigenvalue weighted by atomic mass is 16.2. The second-order valence-corrected chi connectivity index (χ2v) is 10.9. The Morgan fingerprint density at radius 3 is 2.50 bits per heavy atom. The molecule has 7 rings (SSSR count). The highest BCUT2D eigenvalue weighted by molar-refractivity contribution is 5.83. The van der Waals surface area contributed by atoms with E-state index < -0.39 is 0 Å². The molecule has 1 amide bonds. The number of hydrogen-bond acceptors (Lipinski definition) is 2. The van der Waals surface area contributed by atoms with Gasteiger partial charge in [0.05, 0.1) is 0 Å². The van der Waals surface area contributed by atoms with Crippen molar-refractivity contribution in [3.63, 3.8) is 0 Å². The first kappa shape index (κ1) is 17.5. The van der Waals surface area contributed by atoms with Crippen LogP contribution >= 0.6 is 0 Å². The summed E-state index contributed by atoms with van der Waals surface area (Å²) in [6.45, 7) is 3.36. The number of rotatable bonds is 4. The Morgan fingerprint density at radius 2 is 1.75 bits per heavy atom. The maximum atomic E-state index is 13.3. The second kappa shape index (κ2) is 6.58. The molecule has 4 saturated carbocycles. The molecule has 3 nitrogen and oxygen atoms in total. The van der Waals surface area contributed by atoms with Crippen LogP contribution in [0.5, 0.6) is 0 Å². The molecule has 150 valence electrons. The first-order valence-electron chi connectivity index (χ1n) is 11.8. The first-order chi connectivity index (χ1) is 13.7. The quantitative estimate of drug-likeness (QED) is 0.855. The number of carbonyl (C=O) groups is 1. The molecule has 6 aliphatic rings. The molecule has 1 N–H and O–H groups in total. The Kier molecular flexibility index (Phi) is 4.12. The van der Waals surface area contributed by atoms with E-state index in [0.717, 1.165) is 37.3 Å². The zero-order valence-corrected chi connectivity index (χ0v) is 17.0. The lowest BCUT2D eigenvalue weighted by Gasteiger charge is -2.55. The largest absolute Gasteiger partial charge is 0.352 e. The van der Waals surface area contributed by atoms with E-state index in [2.05, 4.69) is 34.5 Å². The summed E-state index contributed by atoms with van der Waals surface area (Å²) in [5.74, 6) is 3.65. The Bertz CT molecular complexity index is 736. The molecular weight excluding hydrogens is 344 g/mol. The number of nitrogens with zero attached hydrogens (tertiary/aromatic N) is 1. The SMILES string of the molecule is O=C(NC1CCN(CC2CCc3ccccc32)C1)C12CC3CC(CC(C3)C1)C2. The fraction of sp³-hybridized carbons (Fsp3) is 0.720. The third-order valence-electron chi connectivity index (χ3n) is 8.86. The molecule has 3 heteroatoms. The van der Waals surface area contributed by atoms with Crippen LogP contribution in [0.2, 0.25) is 0 Å². The van der Waals surface area contributed by atoms with Gasteiger partial charge in [-0.3, -0.25) is 4.79 Å². The van der Waals surface area contributed by atoms with Gasteiger partial charge >= 0.3 is 0 Å². The van der Waals surface area contributed by atoms with Crippen LogP contribution in [0.1, 0.15) is 68.4 Å². The normalized spacial score (nSPS) is 41.4. The smallest absolute Gasteiger partial charge is 0.226 e. The van der Waals surface area contributed by atoms with Crippen LogP contribution < -0.4 is 5.32 Å². The third-order valence-corrected chi connectivity index (χ3v) is 8.86. The summed E-state index contributed by atoms with van der Waals surface area (Å²) in [5.41, 5.74) is 3.13. The van der Waals surface area contributed by atoms with Crippen LogP contribution in [0.4, 0.5) is 0 Å². The maximum absolute atomic E-state index is 13.3. The maximum Gasteiger partial charge on any atom is 0.226 e. The Labute approximate surface area is 169 Å². The summed E-state index contributed by atoms with van der Waals surface area (Å²) in [7, 11) is 0. The fourth-order valence-corrected chi connectivity index (χ4v) is 7.99. The molecule has 1 aliphatic heterocycles. The molecule has 4 bridgehead atoms. The number of fused-ring (bicyclic) bond motifs is 1. The lowest BCUT2D eigenvalue weighted by Crippen LogP contribution is -2.55. The van der Waals surface area contributed by atoms with Crippen LogP contribution in [-0.2, 0) is 11.2 Å². The lowest BCUT2D eigenvalue weighted by atomic mass is 9.49. The number of nitrogens with one attached hydrogen (secondary N) is 1.